The molecule has 0 saturated carbocycles. The van der Waals surface area contributed by atoms with Gasteiger partial charge in [0.1, 0.15) is 0 Å². The van der Waals surface area contributed by atoms with Gasteiger partial charge in [-0.05, 0) is 11.6 Å². The minimum absolute atomic E-state index is 0.145. The first-order valence-corrected chi connectivity index (χ1v) is 4.02. The second-order valence-corrected chi connectivity index (χ2v) is 2.79. The van der Waals surface area contributed by atoms with E-state index in [1.54, 1.807) is 12.2 Å². The minimum atomic E-state index is -0.404. The van der Waals surface area contributed by atoms with E-state index in [9.17, 15) is 9.59 Å². The number of primary amides is 1. The Hall–Kier alpha value is -2.04. The molecule has 0 aliphatic carbocycles. The van der Waals surface area contributed by atoms with Gasteiger partial charge in [-0.3, -0.25) is 9.59 Å². The number of aromatic nitrogens is 1. The van der Waals surface area contributed by atoms with E-state index < -0.39 is 5.91 Å². The predicted molar refractivity (Wildman–Crippen MR) is 54.3 cm³/mol. The van der Waals surface area contributed by atoms with Crippen molar-refractivity contribution in [3.63, 3.8) is 0 Å². The van der Waals surface area contributed by atoms with Crippen molar-refractivity contribution in [1.29, 1.82) is 0 Å². The molecule has 0 aromatic carbocycles. The fourth-order valence-electron chi connectivity index (χ4n) is 0.926. The molecule has 0 atom stereocenters. The van der Waals surface area contributed by atoms with E-state index >= 15 is 0 Å². The Morgan fingerprint density at radius 2 is 2.29 bits per heavy atom. The van der Waals surface area contributed by atoms with Gasteiger partial charge in [0.15, 0.2) is 0 Å². The molecular formula is C9H11N3O2. The van der Waals surface area contributed by atoms with Crippen LogP contribution in [-0.2, 0) is 4.79 Å². The van der Waals surface area contributed by atoms with Crippen LogP contribution >= 0.6 is 0 Å². The molecule has 0 radical (unpaired) electrons. The summed E-state index contributed by atoms with van der Waals surface area (Å²) in [7, 11) is 0. The maximum atomic E-state index is 10.9. The summed E-state index contributed by atoms with van der Waals surface area (Å²) in [5.74, 6) is -0.404. The molecule has 1 heterocycles. The fraction of sp³-hybridized carbons (Fsp3) is 0.111. The lowest BCUT2D eigenvalue weighted by Crippen LogP contribution is -2.10. The smallest absolute Gasteiger partial charge is 0.271 e. The van der Waals surface area contributed by atoms with Gasteiger partial charge in [0.25, 0.3) is 5.56 Å². The Balaban J connectivity index is 2.78. The number of hydrogen-bond donors (Lipinski definition) is 3. The molecule has 0 spiro atoms. The molecule has 0 unspecified atom stereocenters. The topological polar surface area (TPSA) is 102 Å². The van der Waals surface area contributed by atoms with Crippen LogP contribution in [0.25, 0.3) is 6.08 Å². The van der Waals surface area contributed by atoms with Crippen LogP contribution < -0.4 is 17.0 Å². The predicted octanol–water partition coefficient (Wildman–Crippen LogP) is -0.154. The highest BCUT2D eigenvalue weighted by molar-refractivity contribution is 5.76. The zero-order chi connectivity index (χ0) is 10.6. The van der Waals surface area contributed by atoms with Crippen molar-refractivity contribution in [2.24, 2.45) is 5.73 Å². The van der Waals surface area contributed by atoms with Gasteiger partial charge < -0.3 is 16.5 Å². The first-order chi connectivity index (χ1) is 6.59. The van der Waals surface area contributed by atoms with Crippen LogP contribution in [0.1, 0.15) is 12.0 Å². The average Bonchev–Trinajstić information content (AvgIpc) is 2.10. The second-order valence-electron chi connectivity index (χ2n) is 2.79. The van der Waals surface area contributed by atoms with Crippen molar-refractivity contribution < 1.29 is 4.79 Å². The van der Waals surface area contributed by atoms with Crippen molar-refractivity contribution in [1.82, 2.24) is 4.98 Å². The third-order valence-corrected chi connectivity index (χ3v) is 1.58. The Morgan fingerprint density at radius 1 is 1.57 bits per heavy atom. The molecule has 14 heavy (non-hydrogen) atoms. The zero-order valence-electron chi connectivity index (χ0n) is 7.49. The molecule has 0 fully saturated rings. The van der Waals surface area contributed by atoms with Gasteiger partial charge in [-0.15, -0.1) is 0 Å². The number of amides is 1. The highest BCUT2D eigenvalue weighted by Gasteiger charge is 1.94. The number of rotatable bonds is 3. The van der Waals surface area contributed by atoms with Gasteiger partial charge in [-0.1, -0.05) is 12.2 Å². The van der Waals surface area contributed by atoms with Gasteiger partial charge in [-0.2, -0.15) is 0 Å². The number of carbonyl (C=O) groups is 1. The van der Waals surface area contributed by atoms with Gasteiger partial charge in [0.05, 0.1) is 5.69 Å². The number of hydrogen-bond acceptors (Lipinski definition) is 3. The van der Waals surface area contributed by atoms with E-state index in [-0.39, 0.29) is 17.7 Å². The molecule has 1 aromatic heterocycles. The van der Waals surface area contributed by atoms with Crippen LogP contribution in [-0.4, -0.2) is 10.9 Å². The molecule has 5 N–H and O–H groups in total. The van der Waals surface area contributed by atoms with E-state index in [1.165, 1.54) is 12.3 Å². The number of nitrogens with two attached hydrogens (primary N) is 2. The molecular weight excluding hydrogens is 182 g/mol. The average molecular weight is 193 g/mol. The Morgan fingerprint density at radius 3 is 2.86 bits per heavy atom. The summed E-state index contributed by atoms with van der Waals surface area (Å²) in [6.07, 6.45) is 4.95. The summed E-state index contributed by atoms with van der Waals surface area (Å²) in [5.41, 5.74) is 10.9. The number of aromatic amines is 1. The summed E-state index contributed by atoms with van der Waals surface area (Å²) in [6.45, 7) is 0. The molecule has 0 saturated heterocycles. The number of pyridine rings is 1. The van der Waals surface area contributed by atoms with E-state index in [0.717, 1.165) is 5.56 Å². The zero-order valence-corrected chi connectivity index (χ0v) is 7.49. The SMILES string of the molecule is NC(=O)CC=Cc1c[nH]c(=O)c(N)c1. The van der Waals surface area contributed by atoms with Crippen LogP contribution in [0.2, 0.25) is 0 Å². The molecule has 1 rings (SSSR count). The summed E-state index contributed by atoms with van der Waals surface area (Å²) >= 11 is 0. The van der Waals surface area contributed by atoms with Crippen molar-refractivity contribution in [2.45, 2.75) is 6.42 Å². The highest BCUT2D eigenvalue weighted by Crippen LogP contribution is 2.02. The van der Waals surface area contributed by atoms with E-state index in [2.05, 4.69) is 4.98 Å². The molecule has 5 nitrogen and oxygen atoms in total. The maximum Gasteiger partial charge on any atom is 0.271 e. The summed E-state index contributed by atoms with van der Waals surface area (Å²) in [5, 5.41) is 0. The van der Waals surface area contributed by atoms with Crippen molar-refractivity contribution in [2.75, 3.05) is 5.73 Å². The van der Waals surface area contributed by atoms with Crippen LogP contribution in [0.5, 0.6) is 0 Å². The molecule has 1 amide bonds. The normalized spacial score (nSPS) is 10.6. The first-order valence-electron chi connectivity index (χ1n) is 4.02. The lowest BCUT2D eigenvalue weighted by molar-refractivity contribution is -0.117. The van der Waals surface area contributed by atoms with Gasteiger partial charge >= 0.3 is 0 Å². The highest BCUT2D eigenvalue weighted by atomic mass is 16.1. The lowest BCUT2D eigenvalue weighted by Gasteiger charge is -1.94. The number of carbonyl (C=O) groups excluding carboxylic acids is 1. The van der Waals surface area contributed by atoms with Gasteiger partial charge in [0, 0.05) is 12.6 Å². The lowest BCUT2D eigenvalue weighted by atomic mass is 10.2. The van der Waals surface area contributed by atoms with Crippen LogP contribution in [0, 0.1) is 0 Å². The van der Waals surface area contributed by atoms with E-state index in [1.807, 2.05) is 0 Å². The standard InChI is InChI=1S/C9H11N3O2/c10-7-4-6(5-12-9(7)14)2-1-3-8(11)13/h1-2,4-5H,3,10H2,(H2,11,13)(H,12,14). The maximum absolute atomic E-state index is 10.9. The molecule has 5 heteroatoms. The number of H-pyrrole nitrogens is 1. The van der Waals surface area contributed by atoms with Gasteiger partial charge in [-0.25, -0.2) is 0 Å². The summed E-state index contributed by atoms with van der Waals surface area (Å²) < 4.78 is 0. The monoisotopic (exact) mass is 193 g/mol. The molecule has 0 aliphatic heterocycles. The molecule has 0 bridgehead atoms. The first kappa shape index (κ1) is 10.0. The van der Waals surface area contributed by atoms with Crippen LogP contribution in [0.3, 0.4) is 0 Å². The quantitative estimate of drug-likeness (QED) is 0.621. The number of anilines is 1. The Kier molecular flexibility index (Phi) is 3.06. The number of nitrogen functional groups attached to an aromatic ring is 1. The van der Waals surface area contributed by atoms with E-state index in [0.29, 0.717) is 0 Å². The number of nitrogens with one attached hydrogen (secondary N) is 1. The van der Waals surface area contributed by atoms with Crippen LogP contribution in [0.4, 0.5) is 5.69 Å². The van der Waals surface area contributed by atoms with E-state index in [4.69, 9.17) is 11.5 Å². The molecule has 0 aliphatic rings. The minimum Gasteiger partial charge on any atom is -0.394 e. The fourth-order valence-corrected chi connectivity index (χ4v) is 0.926. The summed E-state index contributed by atoms with van der Waals surface area (Å²) in [6, 6.07) is 1.52. The van der Waals surface area contributed by atoms with Crippen LogP contribution in [0.15, 0.2) is 23.1 Å². The van der Waals surface area contributed by atoms with Crippen molar-refractivity contribution in [3.8, 4) is 0 Å². The second kappa shape index (κ2) is 4.27. The molecule has 1 aromatic rings. The van der Waals surface area contributed by atoms with Crippen molar-refractivity contribution in [3.05, 3.63) is 34.3 Å². The molecule has 74 valence electrons. The van der Waals surface area contributed by atoms with Crippen molar-refractivity contribution >= 4 is 17.7 Å². The van der Waals surface area contributed by atoms with Gasteiger partial charge in [0.2, 0.25) is 5.91 Å². The Bertz CT molecular complexity index is 420. The largest absolute Gasteiger partial charge is 0.394 e. The Labute approximate surface area is 80.4 Å². The third kappa shape index (κ3) is 2.78. The summed E-state index contributed by atoms with van der Waals surface area (Å²) in [4.78, 5) is 23.7. The third-order valence-electron chi connectivity index (χ3n) is 1.58.